The fourth-order valence-electron chi connectivity index (χ4n) is 4.18. The second-order valence-corrected chi connectivity index (χ2v) is 8.56. The Morgan fingerprint density at radius 3 is 2.35 bits per heavy atom. The summed E-state index contributed by atoms with van der Waals surface area (Å²) in [7, 11) is 0. The van der Waals surface area contributed by atoms with Gasteiger partial charge in [-0.2, -0.15) is 0 Å². The van der Waals surface area contributed by atoms with Crippen LogP contribution in [-0.4, -0.2) is 28.8 Å². The fourth-order valence-corrected chi connectivity index (χ4v) is 4.38. The molecule has 0 aromatic heterocycles. The topological polar surface area (TPSA) is 49.4 Å². The number of amides is 2. The van der Waals surface area contributed by atoms with Crippen LogP contribution in [-0.2, 0) is 22.6 Å². The van der Waals surface area contributed by atoms with Crippen LogP contribution >= 0.6 is 11.6 Å². The monoisotopic (exact) mass is 444 g/mol. The van der Waals surface area contributed by atoms with Crippen molar-refractivity contribution >= 4 is 23.4 Å². The zero-order chi connectivity index (χ0) is 22.2. The first-order valence-corrected chi connectivity index (χ1v) is 11.4. The summed E-state index contributed by atoms with van der Waals surface area (Å²) in [6, 6.07) is 13.0. The van der Waals surface area contributed by atoms with Crippen molar-refractivity contribution in [3.8, 4) is 0 Å². The zero-order valence-corrected chi connectivity index (χ0v) is 18.7. The molecule has 1 fully saturated rings. The summed E-state index contributed by atoms with van der Waals surface area (Å²) in [5.74, 6) is -0.868. The van der Waals surface area contributed by atoms with Gasteiger partial charge in [-0.25, -0.2) is 4.39 Å². The van der Waals surface area contributed by atoms with E-state index in [4.69, 9.17) is 11.6 Å². The first-order valence-electron chi connectivity index (χ1n) is 11.1. The van der Waals surface area contributed by atoms with Crippen LogP contribution in [0.1, 0.15) is 56.6 Å². The van der Waals surface area contributed by atoms with Crippen molar-refractivity contribution in [1.82, 2.24) is 10.2 Å². The number of carbonyl (C=O) groups excluding carboxylic acids is 2. The molecule has 0 saturated heterocycles. The summed E-state index contributed by atoms with van der Waals surface area (Å²) in [5.41, 5.74) is 1.08. The summed E-state index contributed by atoms with van der Waals surface area (Å²) in [5, 5.41) is 3.68. The van der Waals surface area contributed by atoms with Gasteiger partial charge < -0.3 is 10.2 Å². The van der Waals surface area contributed by atoms with Crippen LogP contribution in [0.2, 0.25) is 5.02 Å². The third-order valence-electron chi connectivity index (χ3n) is 5.94. The predicted octanol–water partition coefficient (Wildman–Crippen LogP) is 5.28. The molecule has 2 amide bonds. The molecule has 2 aromatic carbocycles. The van der Waals surface area contributed by atoms with E-state index in [1.165, 1.54) is 12.5 Å². The number of halogens is 2. The lowest BCUT2D eigenvalue weighted by Gasteiger charge is -2.33. The van der Waals surface area contributed by atoms with Gasteiger partial charge in [0.2, 0.25) is 11.8 Å². The van der Waals surface area contributed by atoms with Gasteiger partial charge in [-0.3, -0.25) is 9.59 Å². The van der Waals surface area contributed by atoms with E-state index in [0.29, 0.717) is 17.0 Å². The molecule has 1 atom stereocenters. The number of rotatable bonds is 8. The molecule has 1 aliphatic carbocycles. The number of hydrogen-bond acceptors (Lipinski definition) is 2. The molecule has 31 heavy (non-hydrogen) atoms. The van der Waals surface area contributed by atoms with E-state index in [0.717, 1.165) is 31.2 Å². The summed E-state index contributed by atoms with van der Waals surface area (Å²) in [6.07, 6.45) is 5.71. The molecule has 0 aliphatic heterocycles. The minimum absolute atomic E-state index is 0.107. The van der Waals surface area contributed by atoms with Crippen molar-refractivity contribution in [2.45, 2.75) is 70.5 Å². The molecule has 166 valence electrons. The average Bonchev–Trinajstić information content (AvgIpc) is 2.77. The molecule has 0 spiro atoms. The van der Waals surface area contributed by atoms with Crippen LogP contribution in [0, 0.1) is 5.82 Å². The lowest BCUT2D eigenvalue weighted by Crippen LogP contribution is -2.52. The van der Waals surface area contributed by atoms with Crippen molar-refractivity contribution in [1.29, 1.82) is 0 Å². The predicted molar refractivity (Wildman–Crippen MR) is 121 cm³/mol. The number of nitrogens with one attached hydrogen (secondary N) is 1. The second kappa shape index (κ2) is 11.3. The van der Waals surface area contributed by atoms with Crippen LogP contribution in [0.4, 0.5) is 4.39 Å². The second-order valence-electron chi connectivity index (χ2n) is 8.15. The SMILES string of the molecule is CC[C@@H](C(=O)NC1CCCCC1)N(Cc1ccccc1Cl)C(=O)Cc1ccccc1F. The van der Waals surface area contributed by atoms with Gasteiger partial charge in [0.1, 0.15) is 11.9 Å². The lowest BCUT2D eigenvalue weighted by atomic mass is 9.95. The van der Waals surface area contributed by atoms with Gasteiger partial charge in [-0.05, 0) is 42.5 Å². The summed E-state index contributed by atoms with van der Waals surface area (Å²) >= 11 is 6.34. The van der Waals surface area contributed by atoms with E-state index in [-0.39, 0.29) is 30.8 Å². The molecule has 0 radical (unpaired) electrons. The molecular formula is C25H30ClFN2O2. The highest BCUT2D eigenvalue weighted by atomic mass is 35.5. The van der Waals surface area contributed by atoms with E-state index in [1.54, 1.807) is 29.2 Å². The van der Waals surface area contributed by atoms with Gasteiger partial charge in [0.05, 0.1) is 6.42 Å². The number of benzene rings is 2. The first-order chi connectivity index (χ1) is 15.0. The molecule has 1 aliphatic rings. The molecule has 1 saturated carbocycles. The summed E-state index contributed by atoms with van der Waals surface area (Å²) in [6.45, 7) is 2.09. The van der Waals surface area contributed by atoms with Crippen LogP contribution in [0.25, 0.3) is 0 Å². The quantitative estimate of drug-likeness (QED) is 0.602. The van der Waals surface area contributed by atoms with Gasteiger partial charge >= 0.3 is 0 Å². The van der Waals surface area contributed by atoms with Crippen molar-refractivity contribution in [2.24, 2.45) is 0 Å². The van der Waals surface area contributed by atoms with Crippen LogP contribution < -0.4 is 5.32 Å². The smallest absolute Gasteiger partial charge is 0.243 e. The summed E-state index contributed by atoms with van der Waals surface area (Å²) < 4.78 is 14.2. The molecule has 6 heteroatoms. The van der Waals surface area contributed by atoms with Gasteiger partial charge in [0.15, 0.2) is 0 Å². The Bertz CT molecular complexity index is 899. The minimum atomic E-state index is -0.641. The molecule has 0 heterocycles. The number of carbonyl (C=O) groups is 2. The van der Waals surface area contributed by atoms with Crippen molar-refractivity contribution in [3.63, 3.8) is 0 Å². The molecule has 0 bridgehead atoms. The third kappa shape index (κ3) is 6.30. The molecule has 0 unspecified atom stereocenters. The Hall–Kier alpha value is -2.40. The highest BCUT2D eigenvalue weighted by Gasteiger charge is 2.31. The van der Waals surface area contributed by atoms with Gasteiger partial charge in [-0.1, -0.05) is 74.2 Å². The number of nitrogens with zero attached hydrogens (tertiary/aromatic N) is 1. The van der Waals surface area contributed by atoms with Crippen LogP contribution in [0.15, 0.2) is 48.5 Å². The fraction of sp³-hybridized carbons (Fsp3) is 0.440. The van der Waals surface area contributed by atoms with Crippen molar-refractivity contribution in [3.05, 3.63) is 70.5 Å². The largest absolute Gasteiger partial charge is 0.352 e. The maximum atomic E-state index is 14.2. The van der Waals surface area contributed by atoms with Crippen LogP contribution in [0.5, 0.6) is 0 Å². The third-order valence-corrected chi connectivity index (χ3v) is 6.30. The average molecular weight is 445 g/mol. The molecule has 1 N–H and O–H groups in total. The first kappa shape index (κ1) is 23.3. The van der Waals surface area contributed by atoms with E-state index in [1.807, 2.05) is 25.1 Å². The number of hydrogen-bond donors (Lipinski definition) is 1. The van der Waals surface area contributed by atoms with Gasteiger partial charge in [-0.15, -0.1) is 0 Å². The van der Waals surface area contributed by atoms with E-state index in [9.17, 15) is 14.0 Å². The lowest BCUT2D eigenvalue weighted by molar-refractivity contribution is -0.141. The minimum Gasteiger partial charge on any atom is -0.352 e. The highest BCUT2D eigenvalue weighted by Crippen LogP contribution is 2.22. The Morgan fingerprint density at radius 2 is 1.71 bits per heavy atom. The van der Waals surface area contributed by atoms with Gasteiger partial charge in [0, 0.05) is 17.6 Å². The Balaban J connectivity index is 1.83. The molecular weight excluding hydrogens is 415 g/mol. The van der Waals surface area contributed by atoms with Gasteiger partial charge in [0.25, 0.3) is 0 Å². The Labute approximate surface area is 188 Å². The molecule has 2 aromatic rings. The Kier molecular flexibility index (Phi) is 8.47. The standard InChI is InChI=1S/C25H30ClFN2O2/c1-2-23(25(31)28-20-12-4-3-5-13-20)29(17-19-11-6-8-14-21(19)26)24(30)16-18-10-7-9-15-22(18)27/h6-11,14-15,20,23H,2-5,12-13,16-17H2,1H3,(H,28,31)/t23-/m0/s1. The normalized spacial score (nSPS) is 15.3. The Morgan fingerprint density at radius 1 is 1.06 bits per heavy atom. The van der Waals surface area contributed by atoms with E-state index >= 15 is 0 Å². The zero-order valence-electron chi connectivity index (χ0n) is 17.9. The maximum absolute atomic E-state index is 14.2. The van der Waals surface area contributed by atoms with Crippen molar-refractivity contribution in [2.75, 3.05) is 0 Å². The van der Waals surface area contributed by atoms with Crippen molar-refractivity contribution < 1.29 is 14.0 Å². The summed E-state index contributed by atoms with van der Waals surface area (Å²) in [4.78, 5) is 28.0. The maximum Gasteiger partial charge on any atom is 0.243 e. The molecule has 4 nitrogen and oxygen atoms in total. The molecule has 3 rings (SSSR count). The van der Waals surface area contributed by atoms with Crippen LogP contribution in [0.3, 0.4) is 0 Å². The highest BCUT2D eigenvalue weighted by molar-refractivity contribution is 6.31. The van der Waals surface area contributed by atoms with E-state index < -0.39 is 11.9 Å². The van der Waals surface area contributed by atoms with E-state index in [2.05, 4.69) is 5.32 Å².